The van der Waals surface area contributed by atoms with Crippen molar-refractivity contribution in [2.24, 2.45) is 29.1 Å². The van der Waals surface area contributed by atoms with E-state index in [9.17, 15) is 36.7 Å². The van der Waals surface area contributed by atoms with Crippen LogP contribution in [0, 0.1) is 29.1 Å². The highest BCUT2D eigenvalue weighted by molar-refractivity contribution is 5.08. The third-order valence-corrected chi connectivity index (χ3v) is 6.67. The molecule has 0 radical (unpaired) electrons. The van der Waals surface area contributed by atoms with E-state index in [4.69, 9.17) is 0 Å². The van der Waals surface area contributed by atoms with Crippen molar-refractivity contribution >= 4 is 0 Å². The van der Waals surface area contributed by atoms with Crippen molar-refractivity contribution in [1.29, 1.82) is 0 Å². The highest BCUT2D eigenvalue weighted by Crippen LogP contribution is 2.61. The highest BCUT2D eigenvalue weighted by Gasteiger charge is 2.66. The monoisotopic (exact) mass is 378 g/mol. The van der Waals surface area contributed by atoms with E-state index < -0.39 is 47.2 Å². The van der Waals surface area contributed by atoms with Crippen molar-refractivity contribution in [3.05, 3.63) is 0 Å². The van der Waals surface area contributed by atoms with Crippen LogP contribution < -0.4 is 0 Å². The average molecular weight is 378 g/mol. The molecule has 2 saturated carbocycles. The molecule has 0 aromatic rings. The molecular weight excluding hydrogens is 354 g/mol. The van der Waals surface area contributed by atoms with Gasteiger partial charge in [-0.25, -0.2) is 4.89 Å². The van der Waals surface area contributed by atoms with Gasteiger partial charge < -0.3 is 5.11 Å². The van der Waals surface area contributed by atoms with Gasteiger partial charge in [0.2, 0.25) is 0 Å². The molecule has 0 aliphatic heterocycles. The van der Waals surface area contributed by atoms with Crippen molar-refractivity contribution in [2.75, 3.05) is 0 Å². The van der Waals surface area contributed by atoms with Gasteiger partial charge in [-0.3, -0.25) is 5.26 Å². The molecule has 0 amide bonds. The Balaban J connectivity index is 2.34. The highest BCUT2D eigenvalue weighted by atomic mass is 19.4. The molecule has 2 rings (SSSR count). The Morgan fingerprint density at radius 2 is 1.56 bits per heavy atom. The number of halogens is 6. The molecule has 7 unspecified atom stereocenters. The third kappa shape index (κ3) is 3.16. The minimum atomic E-state index is -4.87. The zero-order valence-electron chi connectivity index (χ0n) is 14.3. The van der Waals surface area contributed by atoms with Crippen LogP contribution in [0.2, 0.25) is 0 Å². The Bertz CT molecular complexity index is 489. The Labute approximate surface area is 142 Å². The smallest absolute Gasteiger partial charge is 0.380 e. The predicted molar refractivity (Wildman–Crippen MR) is 76.4 cm³/mol. The van der Waals surface area contributed by atoms with Gasteiger partial charge in [-0.1, -0.05) is 6.92 Å². The maximum absolute atomic E-state index is 13.5. The molecular formula is C16H24F6O3. The van der Waals surface area contributed by atoms with Crippen LogP contribution >= 0.6 is 0 Å². The molecule has 0 aromatic carbocycles. The lowest BCUT2D eigenvalue weighted by Crippen LogP contribution is -2.55. The molecule has 0 heterocycles. The van der Waals surface area contributed by atoms with E-state index in [2.05, 4.69) is 4.89 Å². The second-order valence-corrected chi connectivity index (χ2v) is 7.95. The maximum Gasteiger partial charge on any atom is 0.417 e. The molecule has 2 bridgehead atoms. The molecule has 0 spiro atoms. The lowest BCUT2D eigenvalue weighted by molar-refractivity contribution is -0.364. The molecule has 3 nitrogen and oxygen atoms in total. The van der Waals surface area contributed by atoms with E-state index in [0.29, 0.717) is 13.3 Å². The Hall–Kier alpha value is -0.540. The van der Waals surface area contributed by atoms with E-state index >= 15 is 0 Å². The summed E-state index contributed by atoms with van der Waals surface area (Å²) in [6.07, 6.45) is -10.9. The predicted octanol–water partition coefficient (Wildman–Crippen LogP) is 4.80. The van der Waals surface area contributed by atoms with Gasteiger partial charge in [0.05, 0.1) is 5.41 Å². The summed E-state index contributed by atoms with van der Waals surface area (Å²) in [7, 11) is 0. The van der Waals surface area contributed by atoms with E-state index in [0.717, 1.165) is 6.92 Å². The summed E-state index contributed by atoms with van der Waals surface area (Å²) in [6.45, 7) is 2.89. The number of hydrogen-bond acceptors (Lipinski definition) is 3. The summed E-state index contributed by atoms with van der Waals surface area (Å²) >= 11 is 0. The third-order valence-electron chi connectivity index (χ3n) is 6.67. The molecule has 2 aliphatic carbocycles. The summed E-state index contributed by atoms with van der Waals surface area (Å²) in [5.74, 6) is -3.09. The SMILES string of the molecule is CCC(C)(C(OO)C1CC2CC1C(C(C)(O)C(F)(F)F)C2)C(F)(F)F. The number of fused-ring (bicyclic) bond motifs is 2. The molecule has 7 atom stereocenters. The van der Waals surface area contributed by atoms with Crippen LogP contribution in [0.15, 0.2) is 0 Å². The number of hydrogen-bond donors (Lipinski definition) is 2. The summed E-state index contributed by atoms with van der Waals surface area (Å²) in [5, 5.41) is 19.2. The van der Waals surface area contributed by atoms with Gasteiger partial charge in [0.25, 0.3) is 0 Å². The van der Waals surface area contributed by atoms with E-state index in [1.54, 1.807) is 0 Å². The van der Waals surface area contributed by atoms with Gasteiger partial charge in [-0.2, -0.15) is 26.3 Å². The van der Waals surface area contributed by atoms with E-state index in [-0.39, 0.29) is 25.2 Å². The minimum Gasteiger partial charge on any atom is -0.380 e. The first kappa shape index (κ1) is 20.8. The normalized spacial score (nSPS) is 36.1. The lowest BCUT2D eigenvalue weighted by Gasteiger charge is -2.46. The maximum atomic E-state index is 13.5. The van der Waals surface area contributed by atoms with E-state index in [1.807, 2.05) is 0 Å². The standard InChI is InChI=1S/C16H24F6O3/c1-4-13(2,15(17,18)19)12(25-24)10-6-8-5-9(10)11(7-8)14(3,23)16(20,21)22/h8-12,23-24H,4-7H2,1-3H3. The zero-order chi connectivity index (χ0) is 19.4. The lowest BCUT2D eigenvalue weighted by atomic mass is 9.65. The summed E-state index contributed by atoms with van der Waals surface area (Å²) in [4.78, 5) is 4.23. The van der Waals surface area contributed by atoms with Gasteiger partial charge in [0.15, 0.2) is 5.60 Å². The zero-order valence-corrected chi connectivity index (χ0v) is 14.3. The minimum absolute atomic E-state index is 0.112. The van der Waals surface area contributed by atoms with Crippen LogP contribution in [0.25, 0.3) is 0 Å². The molecule has 2 aliphatic rings. The first-order valence-electron chi connectivity index (χ1n) is 8.36. The van der Waals surface area contributed by atoms with Gasteiger partial charge in [0.1, 0.15) is 6.10 Å². The van der Waals surface area contributed by atoms with Gasteiger partial charge in [0, 0.05) is 0 Å². The van der Waals surface area contributed by atoms with Crippen LogP contribution in [0.4, 0.5) is 26.3 Å². The molecule has 148 valence electrons. The van der Waals surface area contributed by atoms with Crippen LogP contribution in [-0.4, -0.2) is 34.4 Å². The molecule has 25 heavy (non-hydrogen) atoms. The number of alkyl halides is 6. The second-order valence-electron chi connectivity index (χ2n) is 7.95. The van der Waals surface area contributed by atoms with Crippen molar-refractivity contribution in [3.8, 4) is 0 Å². The molecule has 0 aromatic heterocycles. The van der Waals surface area contributed by atoms with Crippen LogP contribution in [0.5, 0.6) is 0 Å². The fraction of sp³-hybridized carbons (Fsp3) is 1.00. The van der Waals surface area contributed by atoms with Gasteiger partial charge >= 0.3 is 12.4 Å². The average Bonchev–Trinajstić information content (AvgIpc) is 3.05. The van der Waals surface area contributed by atoms with E-state index in [1.165, 1.54) is 6.92 Å². The van der Waals surface area contributed by atoms with Crippen molar-refractivity contribution in [2.45, 2.75) is 70.5 Å². The molecule has 9 heteroatoms. The van der Waals surface area contributed by atoms with Crippen molar-refractivity contribution in [3.63, 3.8) is 0 Å². The number of aliphatic hydroxyl groups is 1. The Morgan fingerprint density at radius 1 is 1.00 bits per heavy atom. The quantitative estimate of drug-likeness (QED) is 0.411. The number of rotatable bonds is 5. The molecule has 0 saturated heterocycles. The fourth-order valence-electron chi connectivity index (χ4n) is 4.84. The van der Waals surface area contributed by atoms with Crippen LogP contribution in [0.3, 0.4) is 0 Å². The summed E-state index contributed by atoms with van der Waals surface area (Å²) in [6, 6.07) is 0. The van der Waals surface area contributed by atoms with Crippen LogP contribution in [-0.2, 0) is 4.89 Å². The fourth-order valence-corrected chi connectivity index (χ4v) is 4.84. The summed E-state index contributed by atoms with van der Waals surface area (Å²) < 4.78 is 80.2. The van der Waals surface area contributed by atoms with Crippen molar-refractivity contribution < 1.29 is 41.6 Å². The van der Waals surface area contributed by atoms with Crippen molar-refractivity contribution in [1.82, 2.24) is 0 Å². The molecule has 2 N–H and O–H groups in total. The first-order chi connectivity index (χ1) is 11.2. The largest absolute Gasteiger partial charge is 0.417 e. The molecule has 2 fully saturated rings. The van der Waals surface area contributed by atoms with Crippen LogP contribution in [0.1, 0.15) is 46.5 Å². The topological polar surface area (TPSA) is 49.7 Å². The van der Waals surface area contributed by atoms with Gasteiger partial charge in [-0.05, 0) is 63.2 Å². The second kappa shape index (κ2) is 6.27. The van der Waals surface area contributed by atoms with Gasteiger partial charge in [-0.15, -0.1) is 0 Å². The Kier molecular flexibility index (Phi) is 5.21. The Morgan fingerprint density at radius 3 is 1.92 bits per heavy atom. The first-order valence-corrected chi connectivity index (χ1v) is 8.36. The summed E-state index contributed by atoms with van der Waals surface area (Å²) in [5.41, 5.74) is -5.36.